The van der Waals surface area contributed by atoms with Crippen LogP contribution in [0.15, 0.2) is 12.2 Å². The zero-order valence-corrected chi connectivity index (χ0v) is 12.2. The van der Waals surface area contributed by atoms with Crippen molar-refractivity contribution in [2.24, 2.45) is 17.8 Å². The van der Waals surface area contributed by atoms with Crippen molar-refractivity contribution in [2.75, 3.05) is 13.2 Å². The van der Waals surface area contributed by atoms with E-state index in [-0.39, 0.29) is 30.3 Å². The summed E-state index contributed by atoms with van der Waals surface area (Å²) in [4.78, 5) is 24.4. The van der Waals surface area contributed by atoms with Gasteiger partial charge in [0.15, 0.2) is 12.4 Å². The minimum absolute atomic E-state index is 0.161. The normalized spacial score (nSPS) is 41.7. The Morgan fingerprint density at radius 2 is 2.29 bits per heavy atom. The summed E-state index contributed by atoms with van der Waals surface area (Å²) in [5.41, 5.74) is 0. The van der Waals surface area contributed by atoms with Crippen LogP contribution in [-0.4, -0.2) is 43.7 Å². The molecule has 0 aromatic rings. The number of esters is 2. The number of fused-ring (bicyclic) bond motifs is 3. The van der Waals surface area contributed by atoms with Gasteiger partial charge in [-0.05, 0) is 20.3 Å². The summed E-state index contributed by atoms with van der Waals surface area (Å²) in [5, 5.41) is 0. The minimum atomic E-state index is -0.527. The highest BCUT2D eigenvalue weighted by molar-refractivity contribution is 5.84. The molecule has 0 aromatic heterocycles. The average Bonchev–Trinajstić information content (AvgIpc) is 2.48. The molecule has 3 rings (SSSR count). The lowest BCUT2D eigenvalue weighted by Crippen LogP contribution is -2.58. The number of ether oxygens (including phenoxy) is 4. The Labute approximate surface area is 123 Å². The van der Waals surface area contributed by atoms with Gasteiger partial charge >= 0.3 is 11.9 Å². The summed E-state index contributed by atoms with van der Waals surface area (Å²) in [7, 11) is 0. The molecule has 0 bridgehead atoms. The molecule has 0 aromatic carbocycles. The number of hydrogen-bond acceptors (Lipinski definition) is 6. The first kappa shape index (κ1) is 14.5. The fourth-order valence-electron chi connectivity index (χ4n) is 3.39. The lowest BCUT2D eigenvalue weighted by atomic mass is 9.70. The monoisotopic (exact) mass is 296 g/mol. The van der Waals surface area contributed by atoms with Crippen LogP contribution in [0.1, 0.15) is 20.3 Å². The molecule has 0 radical (unpaired) electrons. The van der Waals surface area contributed by atoms with Gasteiger partial charge in [0, 0.05) is 5.92 Å². The lowest BCUT2D eigenvalue weighted by Gasteiger charge is -2.46. The van der Waals surface area contributed by atoms with Gasteiger partial charge in [-0.1, -0.05) is 12.2 Å². The molecule has 2 saturated heterocycles. The Hall–Kier alpha value is -1.40. The van der Waals surface area contributed by atoms with Crippen LogP contribution < -0.4 is 0 Å². The second-order valence-electron chi connectivity index (χ2n) is 5.60. The number of rotatable bonds is 2. The predicted molar refractivity (Wildman–Crippen MR) is 71.0 cm³/mol. The Morgan fingerprint density at radius 3 is 3.05 bits per heavy atom. The van der Waals surface area contributed by atoms with Crippen LogP contribution in [0.5, 0.6) is 0 Å². The van der Waals surface area contributed by atoms with Crippen molar-refractivity contribution in [1.29, 1.82) is 0 Å². The zero-order valence-electron chi connectivity index (χ0n) is 12.2. The van der Waals surface area contributed by atoms with E-state index in [2.05, 4.69) is 0 Å². The molecule has 0 amide bonds. The van der Waals surface area contributed by atoms with Crippen molar-refractivity contribution in [3.8, 4) is 0 Å². The number of allylic oxidation sites excluding steroid dienone is 1. The first-order valence-electron chi connectivity index (χ1n) is 7.42. The third-order valence-electron chi connectivity index (χ3n) is 4.32. The van der Waals surface area contributed by atoms with Crippen LogP contribution in [0.2, 0.25) is 0 Å². The maximum atomic E-state index is 12.3. The molecule has 2 fully saturated rings. The number of hydrogen-bond donors (Lipinski definition) is 0. The van der Waals surface area contributed by atoms with E-state index in [0.717, 1.165) is 0 Å². The van der Waals surface area contributed by atoms with Gasteiger partial charge in [0.1, 0.15) is 6.10 Å². The van der Waals surface area contributed by atoms with Crippen LogP contribution >= 0.6 is 0 Å². The molecule has 116 valence electrons. The molecule has 3 aliphatic rings. The predicted octanol–water partition coefficient (Wildman–Crippen LogP) is 1.04. The van der Waals surface area contributed by atoms with Gasteiger partial charge in [0.25, 0.3) is 0 Å². The Morgan fingerprint density at radius 1 is 1.48 bits per heavy atom. The number of carbonyl (C=O) groups is 2. The highest BCUT2D eigenvalue weighted by atomic mass is 16.7. The molecular formula is C15H20O6. The summed E-state index contributed by atoms with van der Waals surface area (Å²) < 4.78 is 21.7. The number of carbonyl (C=O) groups excluding carboxylic acids is 2. The van der Waals surface area contributed by atoms with Gasteiger partial charge in [-0.3, -0.25) is 9.59 Å². The first-order valence-corrected chi connectivity index (χ1v) is 7.42. The van der Waals surface area contributed by atoms with Crippen LogP contribution in [0.3, 0.4) is 0 Å². The summed E-state index contributed by atoms with van der Waals surface area (Å²) in [6, 6.07) is 0. The Kier molecular flexibility index (Phi) is 3.99. The SMILES string of the molecule is CCOC(=O)[C@@H]1CC=C[C@H]2[C@@H]3O[C@H](C)OC[C@H]3OC(=O)[C@H]21. The van der Waals surface area contributed by atoms with Crippen LogP contribution in [0, 0.1) is 17.8 Å². The Balaban J connectivity index is 1.85. The molecule has 0 spiro atoms. The van der Waals surface area contributed by atoms with E-state index in [1.807, 2.05) is 19.1 Å². The van der Waals surface area contributed by atoms with Gasteiger partial charge in [-0.15, -0.1) is 0 Å². The van der Waals surface area contributed by atoms with Crippen LogP contribution in [-0.2, 0) is 28.5 Å². The molecule has 6 nitrogen and oxygen atoms in total. The molecule has 6 atom stereocenters. The van der Waals surface area contributed by atoms with E-state index in [0.29, 0.717) is 19.6 Å². The molecule has 6 heteroatoms. The molecule has 21 heavy (non-hydrogen) atoms. The van der Waals surface area contributed by atoms with Crippen molar-refractivity contribution in [2.45, 2.75) is 38.8 Å². The first-order chi connectivity index (χ1) is 10.1. The van der Waals surface area contributed by atoms with Crippen molar-refractivity contribution < 1.29 is 28.5 Å². The minimum Gasteiger partial charge on any atom is -0.466 e. The van der Waals surface area contributed by atoms with Crippen LogP contribution in [0.4, 0.5) is 0 Å². The topological polar surface area (TPSA) is 71.1 Å². The molecule has 2 heterocycles. The van der Waals surface area contributed by atoms with Crippen molar-refractivity contribution in [1.82, 2.24) is 0 Å². The van der Waals surface area contributed by atoms with Crippen molar-refractivity contribution in [3.63, 3.8) is 0 Å². The Bertz CT molecular complexity index is 459. The van der Waals surface area contributed by atoms with E-state index in [4.69, 9.17) is 18.9 Å². The third kappa shape index (κ3) is 2.58. The quantitative estimate of drug-likeness (QED) is 0.560. The zero-order chi connectivity index (χ0) is 15.0. The summed E-state index contributed by atoms with van der Waals surface area (Å²) in [5.74, 6) is -1.88. The molecule has 0 N–H and O–H groups in total. The molecule has 0 unspecified atom stereocenters. The second kappa shape index (κ2) is 5.77. The molecule has 2 aliphatic heterocycles. The maximum absolute atomic E-state index is 12.3. The fourth-order valence-corrected chi connectivity index (χ4v) is 3.39. The third-order valence-corrected chi connectivity index (χ3v) is 4.32. The van der Waals surface area contributed by atoms with Gasteiger partial charge < -0.3 is 18.9 Å². The second-order valence-corrected chi connectivity index (χ2v) is 5.60. The van der Waals surface area contributed by atoms with E-state index in [9.17, 15) is 9.59 Å². The molecule has 0 saturated carbocycles. The van der Waals surface area contributed by atoms with Crippen molar-refractivity contribution in [3.05, 3.63) is 12.2 Å². The average molecular weight is 296 g/mol. The standard InChI is InChI=1S/C15H20O6/c1-3-18-14(16)10-6-4-5-9-12(10)15(17)21-11-7-19-8(2)20-13(9)11/h4-5,8-13H,3,6-7H2,1-2H3/t8-,9-,10-,11-,12-,13+/m1/s1. The van der Waals surface area contributed by atoms with Gasteiger partial charge in [-0.2, -0.15) is 0 Å². The summed E-state index contributed by atoms with van der Waals surface area (Å²) in [6.45, 7) is 4.21. The van der Waals surface area contributed by atoms with E-state index in [1.54, 1.807) is 6.92 Å². The van der Waals surface area contributed by atoms with E-state index >= 15 is 0 Å². The summed E-state index contributed by atoms with van der Waals surface area (Å²) >= 11 is 0. The highest BCUT2D eigenvalue weighted by Gasteiger charge is 2.53. The van der Waals surface area contributed by atoms with E-state index < -0.39 is 17.9 Å². The maximum Gasteiger partial charge on any atom is 0.310 e. The molecular weight excluding hydrogens is 276 g/mol. The summed E-state index contributed by atoms with van der Waals surface area (Å²) in [6.07, 6.45) is 3.40. The van der Waals surface area contributed by atoms with Gasteiger partial charge in [-0.25, -0.2) is 0 Å². The highest BCUT2D eigenvalue weighted by Crippen LogP contribution is 2.41. The van der Waals surface area contributed by atoms with Crippen molar-refractivity contribution >= 4 is 11.9 Å². The van der Waals surface area contributed by atoms with Gasteiger partial charge in [0.05, 0.1) is 25.0 Å². The molecule has 1 aliphatic carbocycles. The van der Waals surface area contributed by atoms with Crippen LogP contribution in [0.25, 0.3) is 0 Å². The van der Waals surface area contributed by atoms with E-state index in [1.165, 1.54) is 0 Å². The smallest absolute Gasteiger partial charge is 0.310 e. The lowest BCUT2D eigenvalue weighted by molar-refractivity contribution is -0.278. The van der Waals surface area contributed by atoms with Gasteiger partial charge in [0.2, 0.25) is 0 Å². The fraction of sp³-hybridized carbons (Fsp3) is 0.733. The largest absolute Gasteiger partial charge is 0.466 e.